The molecule has 2 atom stereocenters. The van der Waals surface area contributed by atoms with Crippen LogP contribution in [0.3, 0.4) is 0 Å². The molecule has 0 fully saturated rings. The van der Waals surface area contributed by atoms with Gasteiger partial charge in [-0.2, -0.15) is 0 Å². The van der Waals surface area contributed by atoms with Crippen molar-refractivity contribution < 1.29 is 24.7 Å². The highest BCUT2D eigenvalue weighted by atomic mass is 35.5. The lowest BCUT2D eigenvalue weighted by molar-refractivity contribution is -0.386. The maximum atomic E-state index is 11.3. The van der Waals surface area contributed by atoms with E-state index in [1.807, 2.05) is 0 Å². The Balaban J connectivity index is 3.26. The molecule has 2 unspecified atom stereocenters. The molecule has 1 aromatic rings. The Morgan fingerprint density at radius 1 is 1.53 bits per heavy atom. The van der Waals surface area contributed by atoms with Crippen molar-refractivity contribution in [2.45, 2.75) is 12.2 Å². The van der Waals surface area contributed by atoms with Crippen molar-refractivity contribution in [2.75, 3.05) is 13.0 Å². The fourth-order valence-electron chi connectivity index (χ4n) is 1.49. The number of hydrogen-bond acceptors (Lipinski definition) is 6. The summed E-state index contributed by atoms with van der Waals surface area (Å²) in [4.78, 5) is 21.5. The zero-order valence-corrected chi connectivity index (χ0v) is 10.7. The minimum absolute atomic E-state index is 0.0227. The number of ether oxygens (including phenoxy) is 1. The summed E-state index contributed by atoms with van der Waals surface area (Å²) in [6.45, 7) is 0. The molecule has 8 heteroatoms. The third kappa shape index (κ3) is 3.40. The summed E-state index contributed by atoms with van der Waals surface area (Å²) in [7, 11) is 1.15. The lowest BCUT2D eigenvalue weighted by Gasteiger charge is -2.16. The van der Waals surface area contributed by atoms with Crippen LogP contribution >= 0.6 is 11.6 Å². The number of hydrogen-bond donors (Lipinski definition) is 2. The maximum absolute atomic E-state index is 11.3. The minimum atomic E-state index is -1.51. The van der Waals surface area contributed by atoms with Crippen LogP contribution in [0.25, 0.3) is 0 Å². The first-order chi connectivity index (χ1) is 8.92. The number of nitro groups is 1. The molecule has 1 rings (SSSR count). The summed E-state index contributed by atoms with van der Waals surface area (Å²) in [5.41, 5.74) is -0.629. The van der Waals surface area contributed by atoms with Crippen molar-refractivity contribution in [3.8, 4) is 0 Å². The first kappa shape index (κ1) is 15.4. The predicted octanol–water partition coefficient (Wildman–Crippen LogP) is 1.01. The van der Waals surface area contributed by atoms with Gasteiger partial charge in [-0.25, -0.2) is 4.79 Å². The fraction of sp³-hybridized carbons (Fsp3) is 0.364. The van der Waals surface area contributed by atoms with E-state index in [1.165, 1.54) is 12.1 Å². The summed E-state index contributed by atoms with van der Waals surface area (Å²) >= 11 is 5.38. The number of aliphatic hydroxyl groups is 2. The Bertz CT molecular complexity index is 492. The van der Waals surface area contributed by atoms with Crippen LogP contribution in [0.4, 0.5) is 5.69 Å². The Hall–Kier alpha value is -1.70. The third-order valence-corrected chi connectivity index (χ3v) is 2.81. The van der Waals surface area contributed by atoms with E-state index in [1.54, 1.807) is 0 Å². The van der Waals surface area contributed by atoms with Crippen molar-refractivity contribution in [1.29, 1.82) is 0 Å². The molecule has 7 nitrogen and oxygen atoms in total. The molecule has 0 aromatic heterocycles. The molecule has 0 saturated carbocycles. The average molecular weight is 290 g/mol. The van der Waals surface area contributed by atoms with Crippen LogP contribution in [0.2, 0.25) is 0 Å². The molecular formula is C11H12ClNO6. The number of esters is 1. The van der Waals surface area contributed by atoms with Gasteiger partial charge in [0, 0.05) is 6.07 Å². The highest BCUT2D eigenvalue weighted by molar-refractivity contribution is 6.18. The first-order valence-electron chi connectivity index (χ1n) is 5.21. The second-order valence-corrected chi connectivity index (χ2v) is 4.00. The molecule has 0 aliphatic heterocycles. The van der Waals surface area contributed by atoms with Gasteiger partial charge in [-0.05, 0) is 12.1 Å². The normalized spacial score (nSPS) is 13.7. The molecular weight excluding hydrogens is 278 g/mol. The van der Waals surface area contributed by atoms with Crippen molar-refractivity contribution in [2.24, 2.45) is 0 Å². The monoisotopic (exact) mass is 289 g/mol. The quantitative estimate of drug-likeness (QED) is 0.362. The number of methoxy groups -OCH3 is 1. The van der Waals surface area contributed by atoms with E-state index in [-0.39, 0.29) is 17.0 Å². The van der Waals surface area contributed by atoms with Gasteiger partial charge in [-0.15, -0.1) is 11.6 Å². The smallest absolute Gasteiger partial charge is 0.338 e. The van der Waals surface area contributed by atoms with Crippen LogP contribution in [-0.2, 0) is 4.74 Å². The fourth-order valence-corrected chi connectivity index (χ4v) is 1.66. The van der Waals surface area contributed by atoms with E-state index in [4.69, 9.17) is 11.6 Å². The van der Waals surface area contributed by atoms with Crippen LogP contribution in [-0.4, -0.2) is 40.2 Å². The van der Waals surface area contributed by atoms with E-state index in [0.29, 0.717) is 0 Å². The van der Waals surface area contributed by atoms with Crippen molar-refractivity contribution in [3.05, 3.63) is 39.4 Å². The van der Waals surface area contributed by atoms with Gasteiger partial charge < -0.3 is 14.9 Å². The number of benzene rings is 1. The van der Waals surface area contributed by atoms with Crippen LogP contribution in [0.5, 0.6) is 0 Å². The molecule has 0 radical (unpaired) electrons. The molecule has 104 valence electrons. The van der Waals surface area contributed by atoms with E-state index >= 15 is 0 Å². The molecule has 0 aliphatic rings. The number of carbonyl (C=O) groups excluding carboxylic acids is 1. The molecule has 0 heterocycles. The maximum Gasteiger partial charge on any atom is 0.338 e. The number of nitrogens with zero attached hydrogens (tertiary/aromatic N) is 1. The topological polar surface area (TPSA) is 110 Å². The Morgan fingerprint density at radius 2 is 2.16 bits per heavy atom. The summed E-state index contributed by atoms with van der Waals surface area (Å²) in [5, 5.41) is 30.1. The number of alkyl halides is 1. The Labute approximate surface area is 113 Å². The van der Waals surface area contributed by atoms with Crippen LogP contribution in [0.15, 0.2) is 18.2 Å². The molecule has 0 amide bonds. The van der Waals surface area contributed by atoms with Crippen LogP contribution < -0.4 is 0 Å². The van der Waals surface area contributed by atoms with Crippen molar-refractivity contribution in [1.82, 2.24) is 0 Å². The lowest BCUT2D eigenvalue weighted by Crippen LogP contribution is -2.21. The van der Waals surface area contributed by atoms with Gasteiger partial charge in [0.15, 0.2) is 0 Å². The summed E-state index contributed by atoms with van der Waals surface area (Å²) in [6, 6.07) is 3.43. The highest BCUT2D eigenvalue weighted by Crippen LogP contribution is 2.29. The Kier molecular flexibility index (Phi) is 5.22. The van der Waals surface area contributed by atoms with Gasteiger partial charge in [0.2, 0.25) is 0 Å². The molecule has 0 bridgehead atoms. The number of carbonyl (C=O) groups is 1. The average Bonchev–Trinajstić information content (AvgIpc) is 2.43. The van der Waals surface area contributed by atoms with Gasteiger partial charge in [0.05, 0.1) is 35.1 Å². The SMILES string of the molecule is COC(=O)c1ccc(C(O)C(O)CCl)c([N+](=O)[O-])c1. The van der Waals surface area contributed by atoms with Gasteiger partial charge in [0.25, 0.3) is 5.69 Å². The molecule has 0 aliphatic carbocycles. The van der Waals surface area contributed by atoms with E-state index in [0.717, 1.165) is 13.2 Å². The number of nitro benzene ring substituents is 1. The highest BCUT2D eigenvalue weighted by Gasteiger charge is 2.27. The second-order valence-electron chi connectivity index (χ2n) is 3.69. The largest absolute Gasteiger partial charge is 0.465 e. The summed E-state index contributed by atoms with van der Waals surface area (Å²) in [6.07, 6.45) is -2.85. The minimum Gasteiger partial charge on any atom is -0.465 e. The molecule has 0 spiro atoms. The molecule has 0 saturated heterocycles. The Morgan fingerprint density at radius 3 is 2.63 bits per heavy atom. The van der Waals surface area contributed by atoms with Gasteiger partial charge in [-0.1, -0.05) is 0 Å². The summed E-state index contributed by atoms with van der Waals surface area (Å²) < 4.78 is 4.45. The van der Waals surface area contributed by atoms with E-state index in [2.05, 4.69) is 4.74 Å². The zero-order valence-electron chi connectivity index (χ0n) is 9.95. The predicted molar refractivity (Wildman–Crippen MR) is 66.1 cm³/mol. The van der Waals surface area contributed by atoms with Crippen LogP contribution in [0, 0.1) is 10.1 Å². The summed E-state index contributed by atoms with van der Waals surface area (Å²) in [5.74, 6) is -1.01. The first-order valence-corrected chi connectivity index (χ1v) is 5.74. The molecule has 19 heavy (non-hydrogen) atoms. The standard InChI is InChI=1S/C11H12ClNO6/c1-19-11(16)6-2-3-7(8(4-6)13(17)18)10(15)9(14)5-12/h2-4,9-10,14-15H,5H2,1H3. The second kappa shape index (κ2) is 6.46. The number of rotatable bonds is 5. The van der Waals surface area contributed by atoms with Gasteiger partial charge >= 0.3 is 5.97 Å². The van der Waals surface area contributed by atoms with Crippen LogP contribution in [0.1, 0.15) is 22.0 Å². The molecule has 1 aromatic carbocycles. The molecule has 2 N–H and O–H groups in total. The van der Waals surface area contributed by atoms with Crippen molar-refractivity contribution in [3.63, 3.8) is 0 Å². The lowest BCUT2D eigenvalue weighted by atomic mass is 10.0. The van der Waals surface area contributed by atoms with E-state index < -0.39 is 28.8 Å². The van der Waals surface area contributed by atoms with Crippen molar-refractivity contribution >= 4 is 23.3 Å². The van der Waals surface area contributed by atoms with E-state index in [9.17, 15) is 25.1 Å². The third-order valence-electron chi connectivity index (χ3n) is 2.49. The van der Waals surface area contributed by atoms with Gasteiger partial charge in [-0.3, -0.25) is 10.1 Å². The zero-order chi connectivity index (χ0) is 14.6. The number of aliphatic hydroxyl groups excluding tert-OH is 2. The van der Waals surface area contributed by atoms with Gasteiger partial charge in [0.1, 0.15) is 6.10 Å². The number of halogens is 1.